The molecule has 0 radical (unpaired) electrons. The third-order valence-electron chi connectivity index (χ3n) is 3.66. The zero-order valence-electron chi connectivity index (χ0n) is 10.8. The van der Waals surface area contributed by atoms with Gasteiger partial charge in [0, 0.05) is 13.0 Å². The Labute approximate surface area is 103 Å². The molecule has 0 heterocycles. The lowest BCUT2D eigenvalue weighted by molar-refractivity contribution is -0.147. The SMILES string of the molecule is CC(C)(CCNC(=O)CCC1CCC1)C(=O)O. The van der Waals surface area contributed by atoms with Gasteiger partial charge in [0.2, 0.25) is 5.91 Å². The fourth-order valence-corrected chi connectivity index (χ4v) is 1.83. The molecule has 1 fully saturated rings. The van der Waals surface area contributed by atoms with Crippen LogP contribution < -0.4 is 5.32 Å². The van der Waals surface area contributed by atoms with Crippen LogP contribution in [-0.2, 0) is 9.59 Å². The van der Waals surface area contributed by atoms with E-state index in [-0.39, 0.29) is 5.91 Å². The Bertz CT molecular complexity index is 282. The largest absolute Gasteiger partial charge is 0.481 e. The first kappa shape index (κ1) is 14.0. The number of nitrogens with one attached hydrogen (secondary N) is 1. The van der Waals surface area contributed by atoms with Crippen molar-refractivity contribution in [3.8, 4) is 0 Å². The van der Waals surface area contributed by atoms with Crippen LogP contribution >= 0.6 is 0 Å². The molecule has 4 nitrogen and oxygen atoms in total. The summed E-state index contributed by atoms with van der Waals surface area (Å²) in [6, 6.07) is 0. The van der Waals surface area contributed by atoms with Crippen molar-refractivity contribution >= 4 is 11.9 Å². The predicted molar refractivity (Wildman–Crippen MR) is 65.6 cm³/mol. The highest BCUT2D eigenvalue weighted by molar-refractivity contribution is 5.76. The number of carboxylic acid groups (broad SMARTS) is 1. The Balaban J connectivity index is 2.08. The van der Waals surface area contributed by atoms with E-state index in [0.717, 1.165) is 12.3 Å². The standard InChI is InChI=1S/C13H23NO3/c1-13(2,12(16)17)8-9-14-11(15)7-6-10-4-3-5-10/h10H,3-9H2,1-2H3,(H,14,15)(H,16,17). The van der Waals surface area contributed by atoms with Gasteiger partial charge in [-0.3, -0.25) is 9.59 Å². The van der Waals surface area contributed by atoms with Gasteiger partial charge in [0.15, 0.2) is 0 Å². The van der Waals surface area contributed by atoms with Crippen molar-refractivity contribution < 1.29 is 14.7 Å². The average molecular weight is 241 g/mol. The first-order valence-corrected chi connectivity index (χ1v) is 6.42. The van der Waals surface area contributed by atoms with Crippen LogP contribution in [0, 0.1) is 11.3 Å². The topological polar surface area (TPSA) is 66.4 Å². The van der Waals surface area contributed by atoms with Crippen molar-refractivity contribution in [2.45, 2.75) is 52.4 Å². The van der Waals surface area contributed by atoms with Crippen LogP contribution in [0.1, 0.15) is 52.4 Å². The number of rotatable bonds is 7. The van der Waals surface area contributed by atoms with Gasteiger partial charge >= 0.3 is 5.97 Å². The number of carbonyl (C=O) groups excluding carboxylic acids is 1. The highest BCUT2D eigenvalue weighted by Gasteiger charge is 2.26. The van der Waals surface area contributed by atoms with Crippen molar-refractivity contribution in [3.63, 3.8) is 0 Å². The summed E-state index contributed by atoms with van der Waals surface area (Å²) in [6.45, 7) is 3.80. The molecule has 4 heteroatoms. The van der Waals surface area contributed by atoms with E-state index in [4.69, 9.17) is 5.11 Å². The molecule has 2 N–H and O–H groups in total. The monoisotopic (exact) mass is 241 g/mol. The molecule has 17 heavy (non-hydrogen) atoms. The molecule has 98 valence electrons. The van der Waals surface area contributed by atoms with Gasteiger partial charge in [-0.1, -0.05) is 19.3 Å². The highest BCUT2D eigenvalue weighted by atomic mass is 16.4. The summed E-state index contributed by atoms with van der Waals surface area (Å²) in [5, 5.41) is 11.7. The molecule has 0 aromatic carbocycles. The first-order valence-electron chi connectivity index (χ1n) is 6.42. The van der Waals surface area contributed by atoms with Gasteiger partial charge in [0.25, 0.3) is 0 Å². The van der Waals surface area contributed by atoms with Crippen molar-refractivity contribution in [1.82, 2.24) is 5.32 Å². The summed E-state index contributed by atoms with van der Waals surface area (Å²) >= 11 is 0. The molecule has 0 unspecified atom stereocenters. The Morgan fingerprint density at radius 1 is 1.35 bits per heavy atom. The van der Waals surface area contributed by atoms with Crippen molar-refractivity contribution in [2.75, 3.05) is 6.54 Å². The molecule has 1 amide bonds. The second-order valence-electron chi connectivity index (χ2n) is 5.62. The minimum atomic E-state index is -0.818. The molecule has 1 rings (SSSR count). The van der Waals surface area contributed by atoms with Crippen LogP contribution in [0.5, 0.6) is 0 Å². The summed E-state index contributed by atoms with van der Waals surface area (Å²) in [6.07, 6.45) is 5.86. The van der Waals surface area contributed by atoms with Crippen LogP contribution in [-0.4, -0.2) is 23.5 Å². The van der Waals surface area contributed by atoms with Crippen LogP contribution in [0.3, 0.4) is 0 Å². The minimum Gasteiger partial charge on any atom is -0.481 e. The Morgan fingerprint density at radius 3 is 2.47 bits per heavy atom. The maximum Gasteiger partial charge on any atom is 0.309 e. The normalized spacial score (nSPS) is 16.4. The van der Waals surface area contributed by atoms with Crippen LogP contribution in [0.4, 0.5) is 0 Å². The molecule has 1 aliphatic rings. The van der Waals surface area contributed by atoms with Crippen LogP contribution in [0.15, 0.2) is 0 Å². The van der Waals surface area contributed by atoms with Crippen LogP contribution in [0.25, 0.3) is 0 Å². The molecule has 0 atom stereocenters. The van der Waals surface area contributed by atoms with E-state index in [1.54, 1.807) is 13.8 Å². The number of hydrogen-bond acceptors (Lipinski definition) is 2. The van der Waals surface area contributed by atoms with E-state index in [1.807, 2.05) is 0 Å². The summed E-state index contributed by atoms with van der Waals surface area (Å²) < 4.78 is 0. The van der Waals surface area contributed by atoms with E-state index in [9.17, 15) is 9.59 Å². The lowest BCUT2D eigenvalue weighted by Crippen LogP contribution is -2.32. The highest BCUT2D eigenvalue weighted by Crippen LogP contribution is 2.30. The van der Waals surface area contributed by atoms with Gasteiger partial charge in [-0.05, 0) is 32.6 Å². The molecule has 0 saturated heterocycles. The van der Waals surface area contributed by atoms with Gasteiger partial charge in [-0.2, -0.15) is 0 Å². The second-order valence-corrected chi connectivity index (χ2v) is 5.62. The number of hydrogen-bond donors (Lipinski definition) is 2. The molecular weight excluding hydrogens is 218 g/mol. The Hall–Kier alpha value is -1.06. The van der Waals surface area contributed by atoms with E-state index in [0.29, 0.717) is 19.4 Å². The molecule has 0 aliphatic heterocycles. The van der Waals surface area contributed by atoms with E-state index < -0.39 is 11.4 Å². The maximum absolute atomic E-state index is 11.5. The summed E-state index contributed by atoms with van der Waals surface area (Å²) in [5.74, 6) is -0.0180. The molecule has 0 aromatic heterocycles. The van der Waals surface area contributed by atoms with Gasteiger partial charge in [0.1, 0.15) is 0 Å². The van der Waals surface area contributed by atoms with Gasteiger partial charge in [-0.15, -0.1) is 0 Å². The fourth-order valence-electron chi connectivity index (χ4n) is 1.83. The minimum absolute atomic E-state index is 0.0538. The van der Waals surface area contributed by atoms with Crippen molar-refractivity contribution in [1.29, 1.82) is 0 Å². The predicted octanol–water partition coefficient (Wildman–Crippen LogP) is 2.18. The zero-order valence-corrected chi connectivity index (χ0v) is 10.8. The molecule has 0 spiro atoms. The number of aliphatic carboxylic acids is 1. The lowest BCUT2D eigenvalue weighted by Gasteiger charge is -2.25. The quantitative estimate of drug-likeness (QED) is 0.718. The number of amides is 1. The van der Waals surface area contributed by atoms with Gasteiger partial charge in [-0.25, -0.2) is 0 Å². The smallest absolute Gasteiger partial charge is 0.309 e. The molecular formula is C13H23NO3. The maximum atomic E-state index is 11.5. The van der Waals surface area contributed by atoms with E-state index >= 15 is 0 Å². The zero-order chi connectivity index (χ0) is 12.9. The van der Waals surface area contributed by atoms with Crippen LogP contribution in [0.2, 0.25) is 0 Å². The number of carboxylic acids is 1. The molecule has 1 aliphatic carbocycles. The fraction of sp³-hybridized carbons (Fsp3) is 0.846. The first-order chi connectivity index (χ1) is 7.92. The summed E-state index contributed by atoms with van der Waals surface area (Å²) in [5.41, 5.74) is -0.763. The second kappa shape index (κ2) is 6.03. The molecule has 0 aromatic rings. The van der Waals surface area contributed by atoms with Crippen molar-refractivity contribution in [2.24, 2.45) is 11.3 Å². The van der Waals surface area contributed by atoms with Gasteiger partial charge in [0.05, 0.1) is 5.41 Å². The summed E-state index contributed by atoms with van der Waals surface area (Å²) in [4.78, 5) is 22.3. The van der Waals surface area contributed by atoms with Crippen molar-refractivity contribution in [3.05, 3.63) is 0 Å². The van der Waals surface area contributed by atoms with E-state index in [1.165, 1.54) is 19.3 Å². The molecule has 0 bridgehead atoms. The third-order valence-corrected chi connectivity index (χ3v) is 3.66. The third kappa shape index (κ3) is 4.75. The Kier molecular flexibility index (Phi) is 4.97. The molecule has 1 saturated carbocycles. The Morgan fingerprint density at radius 2 is 2.00 bits per heavy atom. The summed E-state index contributed by atoms with van der Waals surface area (Å²) in [7, 11) is 0. The lowest BCUT2D eigenvalue weighted by atomic mass is 9.82. The number of carbonyl (C=O) groups is 2. The van der Waals surface area contributed by atoms with Gasteiger partial charge < -0.3 is 10.4 Å². The van der Waals surface area contributed by atoms with E-state index in [2.05, 4.69) is 5.32 Å². The average Bonchev–Trinajstić information content (AvgIpc) is 2.14.